The Balaban J connectivity index is 1.32. The van der Waals surface area contributed by atoms with Crippen molar-refractivity contribution in [3.8, 4) is 11.3 Å². The van der Waals surface area contributed by atoms with Gasteiger partial charge in [0.1, 0.15) is 11.3 Å². The first kappa shape index (κ1) is 23.2. The minimum absolute atomic E-state index is 0.0929. The van der Waals surface area contributed by atoms with Crippen molar-refractivity contribution < 1.29 is 4.79 Å². The maximum Gasteiger partial charge on any atom is 0.213 e. The van der Waals surface area contributed by atoms with E-state index in [2.05, 4.69) is 67.3 Å². The molecule has 0 fully saturated rings. The minimum Gasteiger partial charge on any atom is -0.310 e. The third kappa shape index (κ3) is 3.60. The van der Waals surface area contributed by atoms with E-state index in [1.807, 2.05) is 83.4 Å². The predicted octanol–water partition coefficient (Wildman–Crippen LogP) is 8.34. The first-order valence-corrected chi connectivity index (χ1v) is 13.2. The van der Waals surface area contributed by atoms with E-state index in [4.69, 9.17) is 4.98 Å². The van der Waals surface area contributed by atoms with Gasteiger partial charge in [0.05, 0.1) is 17.1 Å². The van der Waals surface area contributed by atoms with Crippen LogP contribution in [0.25, 0.3) is 16.9 Å². The van der Waals surface area contributed by atoms with E-state index in [1.165, 1.54) is 11.1 Å². The lowest BCUT2D eigenvalue weighted by Crippen LogP contribution is -2.30. The fourth-order valence-electron chi connectivity index (χ4n) is 5.87. The average Bonchev–Trinajstić information content (AvgIpc) is 3.38. The summed E-state index contributed by atoms with van der Waals surface area (Å²) in [5.41, 5.74) is 9.36. The number of carbonyl (C=O) groups excluding carboxylic acids is 1. The lowest BCUT2D eigenvalue weighted by Gasteiger charge is -2.42. The quantitative estimate of drug-likeness (QED) is 0.226. The SMILES string of the molecule is CC1(C)c2ccccc2N(c2ccc(C(=O)c3nc4ccccn4c3-c3ccccc3)cc2)c2ccccc21. The number of fused-ring (bicyclic) bond motifs is 3. The third-order valence-corrected chi connectivity index (χ3v) is 7.82. The lowest BCUT2D eigenvalue weighted by atomic mass is 9.73. The van der Waals surface area contributed by atoms with E-state index in [9.17, 15) is 4.79 Å². The van der Waals surface area contributed by atoms with Crippen molar-refractivity contribution in [3.05, 3.63) is 150 Å². The molecule has 0 saturated heterocycles. The lowest BCUT2D eigenvalue weighted by molar-refractivity contribution is 0.103. The summed E-state index contributed by atoms with van der Waals surface area (Å²) in [4.78, 5) is 20.9. The van der Waals surface area contributed by atoms with E-state index < -0.39 is 0 Å². The molecule has 0 aliphatic carbocycles. The van der Waals surface area contributed by atoms with Gasteiger partial charge in [-0.2, -0.15) is 0 Å². The van der Waals surface area contributed by atoms with Crippen molar-refractivity contribution in [2.45, 2.75) is 19.3 Å². The maximum absolute atomic E-state index is 13.9. The molecule has 4 aromatic carbocycles. The monoisotopic (exact) mass is 505 g/mol. The second-order valence-electron chi connectivity index (χ2n) is 10.5. The molecule has 0 radical (unpaired) electrons. The Labute approximate surface area is 227 Å². The van der Waals surface area contributed by atoms with Crippen LogP contribution in [-0.2, 0) is 5.41 Å². The molecule has 1 aliphatic rings. The molecule has 4 heteroatoms. The van der Waals surface area contributed by atoms with Crippen LogP contribution in [0.15, 0.2) is 128 Å². The molecule has 39 heavy (non-hydrogen) atoms. The molecule has 6 aromatic rings. The van der Waals surface area contributed by atoms with Crippen molar-refractivity contribution in [2.24, 2.45) is 0 Å². The second-order valence-corrected chi connectivity index (χ2v) is 10.5. The zero-order chi connectivity index (χ0) is 26.6. The highest BCUT2D eigenvalue weighted by Crippen LogP contribution is 2.51. The number of imidazole rings is 1. The largest absolute Gasteiger partial charge is 0.310 e. The molecule has 3 heterocycles. The minimum atomic E-state index is -0.115. The summed E-state index contributed by atoms with van der Waals surface area (Å²) in [5.74, 6) is -0.0929. The van der Waals surface area contributed by atoms with Crippen molar-refractivity contribution in [1.82, 2.24) is 9.38 Å². The van der Waals surface area contributed by atoms with Crippen molar-refractivity contribution in [2.75, 3.05) is 4.90 Å². The molecule has 0 unspecified atom stereocenters. The van der Waals surface area contributed by atoms with Crippen LogP contribution in [-0.4, -0.2) is 15.2 Å². The molecule has 4 nitrogen and oxygen atoms in total. The van der Waals surface area contributed by atoms with Gasteiger partial charge < -0.3 is 4.90 Å². The van der Waals surface area contributed by atoms with Crippen LogP contribution < -0.4 is 4.90 Å². The zero-order valence-electron chi connectivity index (χ0n) is 21.9. The highest BCUT2D eigenvalue weighted by Gasteiger charge is 2.36. The highest BCUT2D eigenvalue weighted by molar-refractivity contribution is 6.12. The molecule has 0 N–H and O–H groups in total. The number of pyridine rings is 1. The van der Waals surface area contributed by atoms with Gasteiger partial charge in [-0.1, -0.05) is 86.6 Å². The molecule has 0 atom stereocenters. The van der Waals surface area contributed by atoms with Crippen LogP contribution in [0.3, 0.4) is 0 Å². The number of nitrogens with zero attached hydrogens (tertiary/aromatic N) is 3. The summed E-state index contributed by atoms with van der Waals surface area (Å²) in [6.07, 6.45) is 1.96. The first-order chi connectivity index (χ1) is 19.0. The van der Waals surface area contributed by atoms with Crippen LogP contribution >= 0.6 is 0 Å². The summed E-state index contributed by atoms with van der Waals surface area (Å²) >= 11 is 0. The number of rotatable bonds is 4. The Hall–Kier alpha value is -4.96. The second kappa shape index (κ2) is 8.81. The third-order valence-electron chi connectivity index (χ3n) is 7.82. The fraction of sp³-hybridized carbons (Fsp3) is 0.0857. The topological polar surface area (TPSA) is 37.6 Å². The first-order valence-electron chi connectivity index (χ1n) is 13.2. The van der Waals surface area contributed by atoms with Crippen LogP contribution in [0, 0.1) is 0 Å². The van der Waals surface area contributed by atoms with E-state index in [0.29, 0.717) is 11.3 Å². The van der Waals surface area contributed by atoms with E-state index in [1.54, 1.807) is 0 Å². The Kier molecular flexibility index (Phi) is 5.24. The number of hydrogen-bond donors (Lipinski definition) is 0. The molecular formula is C35H27N3O. The van der Waals surface area contributed by atoms with Gasteiger partial charge in [-0.3, -0.25) is 9.20 Å². The molecule has 0 amide bonds. The van der Waals surface area contributed by atoms with Gasteiger partial charge in [0, 0.05) is 28.4 Å². The van der Waals surface area contributed by atoms with Crippen LogP contribution in [0.2, 0.25) is 0 Å². The van der Waals surface area contributed by atoms with Crippen LogP contribution in [0.1, 0.15) is 41.0 Å². The normalized spacial score (nSPS) is 13.6. The molecule has 1 aliphatic heterocycles. The van der Waals surface area contributed by atoms with Crippen molar-refractivity contribution in [1.29, 1.82) is 0 Å². The van der Waals surface area contributed by atoms with Gasteiger partial charge in [-0.05, 0) is 59.7 Å². The Morgan fingerprint density at radius 1 is 0.667 bits per heavy atom. The standard InChI is InChI=1S/C35H27N3O/c1-35(2)27-14-6-8-16-29(27)38(30-17-9-7-15-28(30)35)26-21-19-25(20-22-26)34(39)32-33(24-12-4-3-5-13-24)37-23-11-10-18-31(37)36-32/h3-23H,1-2H3. The van der Waals surface area contributed by atoms with Gasteiger partial charge in [0.2, 0.25) is 5.78 Å². The number of anilines is 3. The summed E-state index contributed by atoms with van der Waals surface area (Å²) in [6, 6.07) is 40.9. The number of aromatic nitrogens is 2. The fourth-order valence-corrected chi connectivity index (χ4v) is 5.87. The van der Waals surface area contributed by atoms with Gasteiger partial charge in [-0.15, -0.1) is 0 Å². The Bertz CT molecular complexity index is 1800. The van der Waals surface area contributed by atoms with Gasteiger partial charge in [0.25, 0.3) is 0 Å². The molecule has 0 bridgehead atoms. The highest BCUT2D eigenvalue weighted by atomic mass is 16.1. The summed E-state index contributed by atoms with van der Waals surface area (Å²) in [7, 11) is 0. The molecule has 2 aromatic heterocycles. The summed E-state index contributed by atoms with van der Waals surface area (Å²) < 4.78 is 1.99. The molecule has 7 rings (SSSR count). The smallest absolute Gasteiger partial charge is 0.213 e. The molecule has 0 spiro atoms. The summed E-state index contributed by atoms with van der Waals surface area (Å²) in [6.45, 7) is 4.56. The summed E-state index contributed by atoms with van der Waals surface area (Å²) in [5, 5.41) is 0. The average molecular weight is 506 g/mol. The van der Waals surface area contributed by atoms with Crippen molar-refractivity contribution >= 4 is 28.5 Å². The number of benzene rings is 4. The number of carbonyl (C=O) groups is 1. The van der Waals surface area contributed by atoms with E-state index >= 15 is 0 Å². The van der Waals surface area contributed by atoms with Crippen LogP contribution in [0.5, 0.6) is 0 Å². The van der Waals surface area contributed by atoms with Gasteiger partial charge in [-0.25, -0.2) is 4.98 Å². The Morgan fingerprint density at radius 3 is 1.92 bits per heavy atom. The van der Waals surface area contributed by atoms with Crippen molar-refractivity contribution in [3.63, 3.8) is 0 Å². The van der Waals surface area contributed by atoms with Gasteiger partial charge >= 0.3 is 0 Å². The van der Waals surface area contributed by atoms with Crippen LogP contribution in [0.4, 0.5) is 17.1 Å². The number of ketones is 1. The Morgan fingerprint density at radius 2 is 1.26 bits per heavy atom. The molecule has 0 saturated carbocycles. The number of para-hydroxylation sites is 2. The van der Waals surface area contributed by atoms with Gasteiger partial charge in [0.15, 0.2) is 0 Å². The zero-order valence-corrected chi connectivity index (χ0v) is 21.9. The van der Waals surface area contributed by atoms with E-state index in [-0.39, 0.29) is 11.2 Å². The predicted molar refractivity (Wildman–Crippen MR) is 157 cm³/mol. The maximum atomic E-state index is 13.9. The molecule has 188 valence electrons. The van der Waals surface area contributed by atoms with E-state index in [0.717, 1.165) is 34.0 Å². The number of hydrogen-bond acceptors (Lipinski definition) is 3. The molecular weight excluding hydrogens is 478 g/mol.